The summed E-state index contributed by atoms with van der Waals surface area (Å²) in [6.07, 6.45) is 5.38. The molecule has 4 nitrogen and oxygen atoms in total. The molecule has 2 bridgehead atoms. The number of hydrogen-bond donors (Lipinski definition) is 0. The molecule has 4 rings (SSSR count). The maximum Gasteiger partial charge on any atom is 0.171 e. The monoisotopic (exact) mass is 240 g/mol. The van der Waals surface area contributed by atoms with E-state index in [0.29, 0.717) is 11.8 Å². The highest BCUT2D eigenvalue weighted by Gasteiger charge is 2.57. The van der Waals surface area contributed by atoms with E-state index in [-0.39, 0.29) is 11.6 Å². The van der Waals surface area contributed by atoms with Crippen molar-refractivity contribution in [3.05, 3.63) is 0 Å². The van der Waals surface area contributed by atoms with E-state index in [2.05, 4.69) is 0 Å². The Bertz CT molecular complexity index is 275. The van der Waals surface area contributed by atoms with Gasteiger partial charge in [-0.2, -0.15) is 0 Å². The zero-order valence-corrected chi connectivity index (χ0v) is 10.2. The smallest absolute Gasteiger partial charge is 0.171 e. The summed E-state index contributed by atoms with van der Waals surface area (Å²) in [7, 11) is 0. The molecular formula is C13H20O4. The fourth-order valence-electron chi connectivity index (χ4n) is 4.24. The van der Waals surface area contributed by atoms with Crippen LogP contribution in [0.15, 0.2) is 0 Å². The van der Waals surface area contributed by atoms with Gasteiger partial charge in [0.15, 0.2) is 11.6 Å². The number of rotatable bonds is 0. The summed E-state index contributed by atoms with van der Waals surface area (Å²) in [5.74, 6) is 0.581. The summed E-state index contributed by atoms with van der Waals surface area (Å²) in [4.78, 5) is 0. The van der Waals surface area contributed by atoms with Crippen LogP contribution >= 0.6 is 0 Å². The fraction of sp³-hybridized carbons (Fsp3) is 1.00. The normalized spacial score (nSPS) is 42.4. The third-order valence-electron chi connectivity index (χ3n) is 5.05. The van der Waals surface area contributed by atoms with Gasteiger partial charge < -0.3 is 18.9 Å². The molecule has 4 heteroatoms. The van der Waals surface area contributed by atoms with Crippen LogP contribution in [0.5, 0.6) is 0 Å². The van der Waals surface area contributed by atoms with Crippen LogP contribution in [0.3, 0.4) is 0 Å². The molecular weight excluding hydrogens is 220 g/mol. The quantitative estimate of drug-likeness (QED) is 0.645. The Morgan fingerprint density at radius 1 is 0.647 bits per heavy atom. The van der Waals surface area contributed by atoms with E-state index in [1.807, 2.05) is 0 Å². The predicted molar refractivity (Wildman–Crippen MR) is 59.3 cm³/mol. The van der Waals surface area contributed by atoms with Gasteiger partial charge in [-0.05, 0) is 19.3 Å². The van der Waals surface area contributed by atoms with Crippen LogP contribution in [0.2, 0.25) is 0 Å². The highest BCUT2D eigenvalue weighted by Crippen LogP contribution is 2.54. The van der Waals surface area contributed by atoms with Gasteiger partial charge in [-0.1, -0.05) is 0 Å². The molecule has 0 aromatic carbocycles. The second-order valence-electron chi connectivity index (χ2n) is 5.72. The minimum Gasteiger partial charge on any atom is -0.347 e. The van der Waals surface area contributed by atoms with Crippen molar-refractivity contribution in [1.29, 1.82) is 0 Å². The van der Waals surface area contributed by atoms with E-state index < -0.39 is 0 Å². The minimum absolute atomic E-state index is 0.253. The molecule has 2 aliphatic carbocycles. The van der Waals surface area contributed by atoms with Gasteiger partial charge in [-0.15, -0.1) is 0 Å². The van der Waals surface area contributed by atoms with Crippen molar-refractivity contribution in [2.75, 3.05) is 26.4 Å². The van der Waals surface area contributed by atoms with Crippen molar-refractivity contribution in [3.63, 3.8) is 0 Å². The molecule has 2 aliphatic heterocycles. The molecule has 0 amide bonds. The maximum atomic E-state index is 5.91. The van der Waals surface area contributed by atoms with Crippen molar-refractivity contribution < 1.29 is 18.9 Å². The fourth-order valence-corrected chi connectivity index (χ4v) is 4.24. The van der Waals surface area contributed by atoms with E-state index in [1.54, 1.807) is 0 Å². The summed E-state index contributed by atoms with van der Waals surface area (Å²) < 4.78 is 23.7. The summed E-state index contributed by atoms with van der Waals surface area (Å²) in [5.41, 5.74) is 0. The van der Waals surface area contributed by atoms with Crippen LogP contribution in [0.25, 0.3) is 0 Å². The Kier molecular flexibility index (Phi) is 2.32. The van der Waals surface area contributed by atoms with E-state index in [9.17, 15) is 0 Å². The molecule has 2 heterocycles. The van der Waals surface area contributed by atoms with Crippen LogP contribution in [-0.2, 0) is 18.9 Å². The number of ether oxygens (including phenoxy) is 4. The third-order valence-corrected chi connectivity index (χ3v) is 5.05. The first-order chi connectivity index (χ1) is 8.33. The van der Waals surface area contributed by atoms with Crippen LogP contribution in [0.1, 0.15) is 32.1 Å². The highest BCUT2D eigenvalue weighted by atomic mass is 16.7. The lowest BCUT2D eigenvalue weighted by molar-refractivity contribution is -0.285. The third kappa shape index (κ3) is 1.44. The molecule has 2 spiro atoms. The largest absolute Gasteiger partial charge is 0.347 e. The zero-order valence-electron chi connectivity index (χ0n) is 10.2. The Morgan fingerprint density at radius 3 is 1.47 bits per heavy atom. The molecule has 4 aliphatic rings. The van der Waals surface area contributed by atoms with Gasteiger partial charge in [0.05, 0.1) is 26.4 Å². The summed E-state index contributed by atoms with van der Waals surface area (Å²) in [5, 5.41) is 0. The summed E-state index contributed by atoms with van der Waals surface area (Å²) in [6, 6.07) is 0. The van der Waals surface area contributed by atoms with Crippen LogP contribution in [0, 0.1) is 11.8 Å². The first kappa shape index (κ1) is 10.7. The summed E-state index contributed by atoms with van der Waals surface area (Å²) in [6.45, 7) is 3.05. The van der Waals surface area contributed by atoms with Crippen molar-refractivity contribution in [1.82, 2.24) is 0 Å². The van der Waals surface area contributed by atoms with Crippen LogP contribution in [-0.4, -0.2) is 38.0 Å². The van der Waals surface area contributed by atoms with Crippen molar-refractivity contribution >= 4 is 0 Å². The SMILES string of the molecule is C1COC2(CCC3CC2CCC32OCCO2)O1. The van der Waals surface area contributed by atoms with Gasteiger partial charge in [0.1, 0.15) is 0 Å². The lowest BCUT2D eigenvalue weighted by atomic mass is 9.66. The topological polar surface area (TPSA) is 36.9 Å². The molecule has 0 aromatic heterocycles. The van der Waals surface area contributed by atoms with E-state index in [0.717, 1.165) is 58.5 Å². The van der Waals surface area contributed by atoms with Crippen LogP contribution < -0.4 is 0 Å². The minimum atomic E-state index is -0.253. The van der Waals surface area contributed by atoms with Crippen molar-refractivity contribution in [2.45, 2.75) is 43.7 Å². The van der Waals surface area contributed by atoms with Gasteiger partial charge in [0.2, 0.25) is 0 Å². The Balaban J connectivity index is 1.56. The molecule has 4 fully saturated rings. The Labute approximate surface area is 102 Å². The van der Waals surface area contributed by atoms with Gasteiger partial charge in [-0.25, -0.2) is 0 Å². The zero-order chi connectivity index (χ0) is 11.3. The number of hydrogen-bond acceptors (Lipinski definition) is 4. The average Bonchev–Trinajstić information content (AvgIpc) is 2.99. The maximum absolute atomic E-state index is 5.91. The lowest BCUT2D eigenvalue weighted by Crippen LogP contribution is -2.54. The highest BCUT2D eigenvalue weighted by molar-refractivity contribution is 5.00. The van der Waals surface area contributed by atoms with Gasteiger partial charge in [-0.3, -0.25) is 0 Å². The molecule has 96 valence electrons. The van der Waals surface area contributed by atoms with Gasteiger partial charge >= 0.3 is 0 Å². The Hall–Kier alpha value is -0.160. The molecule has 0 aromatic rings. The van der Waals surface area contributed by atoms with Crippen LogP contribution in [0.4, 0.5) is 0 Å². The summed E-state index contributed by atoms with van der Waals surface area (Å²) >= 11 is 0. The van der Waals surface area contributed by atoms with E-state index >= 15 is 0 Å². The molecule has 2 saturated heterocycles. The standard InChI is InChI=1S/C13H20O4/c1-3-12(14-5-6-15-12)11-2-4-13(10(1)9-11)16-7-8-17-13/h10-11H,1-9H2. The first-order valence-electron chi connectivity index (χ1n) is 6.89. The molecule has 17 heavy (non-hydrogen) atoms. The predicted octanol–water partition coefficient (Wildman–Crippen LogP) is 1.68. The second kappa shape index (κ2) is 3.67. The van der Waals surface area contributed by atoms with E-state index in [1.165, 1.54) is 0 Å². The van der Waals surface area contributed by atoms with E-state index in [4.69, 9.17) is 18.9 Å². The molecule has 2 unspecified atom stereocenters. The molecule has 2 saturated carbocycles. The van der Waals surface area contributed by atoms with Crippen molar-refractivity contribution in [3.8, 4) is 0 Å². The molecule has 0 N–H and O–H groups in total. The Morgan fingerprint density at radius 2 is 1.06 bits per heavy atom. The molecule has 0 radical (unpaired) electrons. The van der Waals surface area contributed by atoms with Gasteiger partial charge in [0.25, 0.3) is 0 Å². The van der Waals surface area contributed by atoms with Gasteiger partial charge in [0, 0.05) is 24.7 Å². The lowest BCUT2D eigenvalue weighted by Gasteiger charge is -2.51. The number of fused-ring (bicyclic) bond motifs is 4. The first-order valence-corrected chi connectivity index (χ1v) is 6.89. The molecule has 2 atom stereocenters. The average molecular weight is 240 g/mol. The second-order valence-corrected chi connectivity index (χ2v) is 5.72. The van der Waals surface area contributed by atoms with Crippen molar-refractivity contribution in [2.24, 2.45) is 11.8 Å².